The standard InChI is InChI=1S/C15H19ClN2O2/c16-12-5-1-2-6-13(12)17-15(19)18-8-7-14-11(10-18)4-3-9-20-14/h1-2,5-6,11,14H,3-4,7-10H2,(H,17,19). The lowest BCUT2D eigenvalue weighted by Crippen LogP contribution is -2.49. The molecule has 2 heterocycles. The molecule has 2 aliphatic rings. The van der Waals surface area contributed by atoms with Gasteiger partial charge in [-0.2, -0.15) is 0 Å². The third-order valence-corrected chi connectivity index (χ3v) is 4.45. The zero-order chi connectivity index (χ0) is 13.9. The fraction of sp³-hybridized carbons (Fsp3) is 0.533. The number of rotatable bonds is 1. The van der Waals surface area contributed by atoms with E-state index in [1.807, 2.05) is 23.1 Å². The Labute approximate surface area is 124 Å². The number of para-hydroxylation sites is 1. The minimum absolute atomic E-state index is 0.0675. The molecule has 0 aromatic heterocycles. The average molecular weight is 295 g/mol. The summed E-state index contributed by atoms with van der Waals surface area (Å²) in [4.78, 5) is 14.2. The van der Waals surface area contributed by atoms with Gasteiger partial charge in [0.25, 0.3) is 0 Å². The molecule has 0 bridgehead atoms. The van der Waals surface area contributed by atoms with Crippen molar-refractivity contribution in [2.75, 3.05) is 25.0 Å². The Balaban J connectivity index is 1.62. The maximum Gasteiger partial charge on any atom is 0.321 e. The van der Waals surface area contributed by atoms with E-state index in [0.29, 0.717) is 22.7 Å². The highest BCUT2D eigenvalue weighted by Crippen LogP contribution is 2.29. The minimum Gasteiger partial charge on any atom is -0.378 e. The maximum absolute atomic E-state index is 12.3. The molecule has 2 aliphatic heterocycles. The second-order valence-corrected chi connectivity index (χ2v) is 5.86. The number of anilines is 1. The van der Waals surface area contributed by atoms with Gasteiger partial charge in [-0.3, -0.25) is 0 Å². The number of ether oxygens (including phenoxy) is 1. The van der Waals surface area contributed by atoms with Gasteiger partial charge in [0, 0.05) is 25.6 Å². The van der Waals surface area contributed by atoms with Gasteiger partial charge in [0.2, 0.25) is 0 Å². The molecule has 2 fully saturated rings. The summed E-state index contributed by atoms with van der Waals surface area (Å²) in [5.74, 6) is 0.481. The second-order valence-electron chi connectivity index (χ2n) is 5.46. The van der Waals surface area contributed by atoms with E-state index in [-0.39, 0.29) is 6.03 Å². The molecule has 2 amide bonds. The van der Waals surface area contributed by atoms with Crippen LogP contribution in [0.1, 0.15) is 19.3 Å². The van der Waals surface area contributed by atoms with Crippen LogP contribution in [0.5, 0.6) is 0 Å². The molecule has 5 heteroatoms. The Kier molecular flexibility index (Phi) is 4.13. The molecule has 1 aromatic rings. The van der Waals surface area contributed by atoms with Crippen molar-refractivity contribution >= 4 is 23.3 Å². The van der Waals surface area contributed by atoms with Crippen molar-refractivity contribution in [2.45, 2.75) is 25.4 Å². The summed E-state index contributed by atoms with van der Waals surface area (Å²) in [7, 11) is 0. The summed E-state index contributed by atoms with van der Waals surface area (Å²) >= 11 is 6.06. The van der Waals surface area contributed by atoms with Crippen LogP contribution in [0.15, 0.2) is 24.3 Å². The van der Waals surface area contributed by atoms with Crippen molar-refractivity contribution in [1.29, 1.82) is 0 Å². The number of urea groups is 1. The van der Waals surface area contributed by atoms with Crippen LogP contribution in [-0.4, -0.2) is 36.7 Å². The highest BCUT2D eigenvalue weighted by molar-refractivity contribution is 6.33. The maximum atomic E-state index is 12.3. The predicted molar refractivity (Wildman–Crippen MR) is 79.1 cm³/mol. The van der Waals surface area contributed by atoms with Crippen LogP contribution >= 0.6 is 11.6 Å². The number of carbonyl (C=O) groups excluding carboxylic acids is 1. The molecule has 2 unspecified atom stereocenters. The van der Waals surface area contributed by atoms with Gasteiger partial charge >= 0.3 is 6.03 Å². The topological polar surface area (TPSA) is 41.6 Å². The fourth-order valence-corrected chi connectivity index (χ4v) is 3.21. The van der Waals surface area contributed by atoms with Gasteiger partial charge in [0.15, 0.2) is 0 Å². The van der Waals surface area contributed by atoms with Gasteiger partial charge in [-0.15, -0.1) is 0 Å². The largest absolute Gasteiger partial charge is 0.378 e. The van der Waals surface area contributed by atoms with Crippen LogP contribution in [0.4, 0.5) is 10.5 Å². The lowest BCUT2D eigenvalue weighted by Gasteiger charge is -2.40. The molecule has 108 valence electrons. The summed E-state index contributed by atoms with van der Waals surface area (Å²) in [6.07, 6.45) is 3.52. The van der Waals surface area contributed by atoms with E-state index in [0.717, 1.165) is 39.0 Å². The summed E-state index contributed by atoms with van der Waals surface area (Å²) in [6.45, 7) is 2.39. The van der Waals surface area contributed by atoms with Crippen LogP contribution in [0.3, 0.4) is 0 Å². The molecular weight excluding hydrogens is 276 g/mol. The van der Waals surface area contributed by atoms with Crippen LogP contribution < -0.4 is 5.32 Å². The first-order chi connectivity index (χ1) is 9.74. The number of fused-ring (bicyclic) bond motifs is 1. The SMILES string of the molecule is O=C(Nc1ccccc1Cl)N1CCC2OCCCC2C1. The van der Waals surface area contributed by atoms with Crippen molar-refractivity contribution in [3.8, 4) is 0 Å². The number of hydrogen-bond acceptors (Lipinski definition) is 2. The number of halogens is 1. The number of benzene rings is 1. The van der Waals surface area contributed by atoms with Crippen LogP contribution in [0.25, 0.3) is 0 Å². The van der Waals surface area contributed by atoms with Gasteiger partial charge in [0.1, 0.15) is 0 Å². The number of nitrogens with zero attached hydrogens (tertiary/aromatic N) is 1. The number of nitrogens with one attached hydrogen (secondary N) is 1. The second kappa shape index (κ2) is 6.02. The van der Waals surface area contributed by atoms with Gasteiger partial charge in [0.05, 0.1) is 16.8 Å². The van der Waals surface area contributed by atoms with E-state index in [1.54, 1.807) is 6.07 Å². The van der Waals surface area contributed by atoms with E-state index in [4.69, 9.17) is 16.3 Å². The van der Waals surface area contributed by atoms with Gasteiger partial charge in [-0.05, 0) is 31.4 Å². The van der Waals surface area contributed by atoms with E-state index in [2.05, 4.69) is 5.32 Å². The van der Waals surface area contributed by atoms with Crippen molar-refractivity contribution in [3.63, 3.8) is 0 Å². The first-order valence-corrected chi connectivity index (χ1v) is 7.54. The highest BCUT2D eigenvalue weighted by Gasteiger charge is 2.33. The van der Waals surface area contributed by atoms with E-state index < -0.39 is 0 Å². The van der Waals surface area contributed by atoms with Crippen molar-refractivity contribution in [2.24, 2.45) is 5.92 Å². The Morgan fingerprint density at radius 2 is 2.20 bits per heavy atom. The number of hydrogen-bond donors (Lipinski definition) is 1. The summed E-state index contributed by atoms with van der Waals surface area (Å²) in [6, 6.07) is 7.24. The first kappa shape index (κ1) is 13.7. The third-order valence-electron chi connectivity index (χ3n) is 4.12. The molecule has 1 aromatic carbocycles. The monoisotopic (exact) mass is 294 g/mol. The van der Waals surface area contributed by atoms with Crippen LogP contribution in [-0.2, 0) is 4.74 Å². The van der Waals surface area contributed by atoms with Crippen molar-refractivity contribution in [1.82, 2.24) is 4.90 Å². The molecule has 4 nitrogen and oxygen atoms in total. The zero-order valence-electron chi connectivity index (χ0n) is 11.3. The Morgan fingerprint density at radius 3 is 3.05 bits per heavy atom. The van der Waals surface area contributed by atoms with Crippen LogP contribution in [0.2, 0.25) is 5.02 Å². The lowest BCUT2D eigenvalue weighted by molar-refractivity contribution is -0.0578. The average Bonchev–Trinajstić information content (AvgIpc) is 2.49. The Morgan fingerprint density at radius 1 is 1.35 bits per heavy atom. The molecule has 2 saturated heterocycles. The van der Waals surface area contributed by atoms with E-state index in [9.17, 15) is 4.79 Å². The minimum atomic E-state index is -0.0675. The number of piperidine rings is 1. The normalized spacial score (nSPS) is 25.9. The summed E-state index contributed by atoms with van der Waals surface area (Å²) < 4.78 is 5.77. The van der Waals surface area contributed by atoms with Gasteiger partial charge < -0.3 is 15.0 Å². The Bertz CT molecular complexity index is 495. The fourth-order valence-electron chi connectivity index (χ4n) is 3.03. The molecule has 0 spiro atoms. The lowest BCUT2D eigenvalue weighted by atomic mass is 9.89. The number of amides is 2. The van der Waals surface area contributed by atoms with E-state index >= 15 is 0 Å². The molecule has 20 heavy (non-hydrogen) atoms. The molecule has 3 rings (SSSR count). The van der Waals surface area contributed by atoms with Crippen molar-refractivity contribution < 1.29 is 9.53 Å². The smallest absolute Gasteiger partial charge is 0.321 e. The van der Waals surface area contributed by atoms with Gasteiger partial charge in [-0.25, -0.2) is 4.79 Å². The Hall–Kier alpha value is -1.26. The predicted octanol–water partition coefficient (Wildman–Crippen LogP) is 3.37. The van der Waals surface area contributed by atoms with E-state index in [1.165, 1.54) is 0 Å². The number of likely N-dealkylation sites (tertiary alicyclic amines) is 1. The molecular formula is C15H19ClN2O2. The highest BCUT2D eigenvalue weighted by atomic mass is 35.5. The van der Waals surface area contributed by atoms with Crippen molar-refractivity contribution in [3.05, 3.63) is 29.3 Å². The summed E-state index contributed by atoms with van der Waals surface area (Å²) in [5, 5.41) is 3.46. The van der Waals surface area contributed by atoms with Crippen LogP contribution in [0, 0.1) is 5.92 Å². The number of carbonyl (C=O) groups is 1. The van der Waals surface area contributed by atoms with Gasteiger partial charge in [-0.1, -0.05) is 23.7 Å². The summed E-state index contributed by atoms with van der Waals surface area (Å²) in [5.41, 5.74) is 0.668. The molecule has 2 atom stereocenters. The zero-order valence-corrected chi connectivity index (χ0v) is 12.1. The third kappa shape index (κ3) is 2.91. The molecule has 0 saturated carbocycles. The molecule has 0 aliphatic carbocycles. The quantitative estimate of drug-likeness (QED) is 0.863. The molecule has 1 N–H and O–H groups in total. The molecule has 0 radical (unpaired) electrons. The first-order valence-electron chi connectivity index (χ1n) is 7.16.